The van der Waals surface area contributed by atoms with Crippen molar-refractivity contribution in [2.75, 3.05) is 13.1 Å². The SMILES string of the molecule is CC(C)(c1ccccc1-c1ccccc1)C(O)C(O)N1CCCCC1. The quantitative estimate of drug-likeness (QED) is 0.871. The minimum Gasteiger partial charge on any atom is -0.388 e. The van der Waals surface area contributed by atoms with Crippen molar-refractivity contribution in [3.63, 3.8) is 0 Å². The van der Waals surface area contributed by atoms with Gasteiger partial charge in [0, 0.05) is 18.5 Å². The van der Waals surface area contributed by atoms with Gasteiger partial charge in [-0.1, -0.05) is 74.9 Å². The maximum Gasteiger partial charge on any atom is 0.134 e. The fraction of sp³-hybridized carbons (Fsp3) is 0.455. The minimum atomic E-state index is -0.851. The van der Waals surface area contributed by atoms with E-state index in [0.29, 0.717) is 0 Å². The van der Waals surface area contributed by atoms with Crippen molar-refractivity contribution in [1.82, 2.24) is 4.90 Å². The largest absolute Gasteiger partial charge is 0.388 e. The third-order valence-electron chi connectivity index (χ3n) is 5.49. The summed E-state index contributed by atoms with van der Waals surface area (Å²) in [4.78, 5) is 2.01. The molecule has 1 fully saturated rings. The van der Waals surface area contributed by atoms with E-state index in [-0.39, 0.29) is 0 Å². The molecule has 2 N–H and O–H groups in total. The molecule has 3 heteroatoms. The molecule has 3 nitrogen and oxygen atoms in total. The molecule has 0 bridgehead atoms. The topological polar surface area (TPSA) is 43.7 Å². The molecule has 25 heavy (non-hydrogen) atoms. The average Bonchev–Trinajstić information content (AvgIpc) is 2.68. The van der Waals surface area contributed by atoms with Gasteiger partial charge in [-0.15, -0.1) is 0 Å². The lowest BCUT2D eigenvalue weighted by molar-refractivity contribution is -0.113. The van der Waals surface area contributed by atoms with Crippen molar-refractivity contribution >= 4 is 0 Å². The molecule has 1 heterocycles. The molecule has 0 aromatic heterocycles. The zero-order chi connectivity index (χ0) is 17.9. The van der Waals surface area contributed by atoms with E-state index in [1.165, 1.54) is 6.42 Å². The first-order valence-electron chi connectivity index (χ1n) is 9.27. The molecule has 2 aromatic rings. The van der Waals surface area contributed by atoms with Crippen molar-refractivity contribution in [3.05, 3.63) is 60.2 Å². The Bertz CT molecular complexity index is 677. The van der Waals surface area contributed by atoms with Crippen LogP contribution in [0.25, 0.3) is 11.1 Å². The predicted octanol–water partition coefficient (Wildman–Crippen LogP) is 3.80. The number of benzene rings is 2. The first-order valence-corrected chi connectivity index (χ1v) is 9.27. The molecule has 134 valence electrons. The van der Waals surface area contributed by atoms with E-state index < -0.39 is 17.7 Å². The van der Waals surface area contributed by atoms with Gasteiger partial charge in [0.2, 0.25) is 0 Å². The summed E-state index contributed by atoms with van der Waals surface area (Å²) < 4.78 is 0. The number of hydrogen-bond acceptors (Lipinski definition) is 3. The highest BCUT2D eigenvalue weighted by atomic mass is 16.3. The molecule has 1 aliphatic rings. The van der Waals surface area contributed by atoms with Gasteiger partial charge >= 0.3 is 0 Å². The van der Waals surface area contributed by atoms with Gasteiger partial charge in [0.1, 0.15) is 12.3 Å². The van der Waals surface area contributed by atoms with Crippen LogP contribution >= 0.6 is 0 Å². The summed E-state index contributed by atoms with van der Waals surface area (Å²) >= 11 is 0. The van der Waals surface area contributed by atoms with E-state index in [0.717, 1.165) is 42.6 Å². The molecular weight excluding hydrogens is 310 g/mol. The zero-order valence-corrected chi connectivity index (χ0v) is 15.2. The molecule has 1 aliphatic heterocycles. The number of likely N-dealkylation sites (tertiary alicyclic amines) is 1. The van der Waals surface area contributed by atoms with Gasteiger partial charge in [0.25, 0.3) is 0 Å². The van der Waals surface area contributed by atoms with Crippen LogP contribution in [0, 0.1) is 0 Å². The smallest absolute Gasteiger partial charge is 0.134 e. The summed E-state index contributed by atoms with van der Waals surface area (Å²) in [6, 6.07) is 18.4. The Labute approximate surface area is 150 Å². The highest BCUT2D eigenvalue weighted by Crippen LogP contribution is 2.37. The second-order valence-corrected chi connectivity index (χ2v) is 7.59. The molecule has 1 saturated heterocycles. The Balaban J connectivity index is 1.91. The van der Waals surface area contributed by atoms with Gasteiger partial charge in [-0.2, -0.15) is 0 Å². The third kappa shape index (κ3) is 3.79. The Morgan fingerprint density at radius 3 is 2.12 bits per heavy atom. The van der Waals surface area contributed by atoms with E-state index in [4.69, 9.17) is 0 Å². The predicted molar refractivity (Wildman–Crippen MR) is 102 cm³/mol. The van der Waals surface area contributed by atoms with Gasteiger partial charge in [-0.25, -0.2) is 0 Å². The molecule has 0 radical (unpaired) electrons. The van der Waals surface area contributed by atoms with E-state index in [9.17, 15) is 10.2 Å². The van der Waals surface area contributed by atoms with Crippen molar-refractivity contribution in [2.24, 2.45) is 0 Å². The number of aliphatic hydroxyl groups excluding tert-OH is 2. The minimum absolute atomic E-state index is 0.566. The zero-order valence-electron chi connectivity index (χ0n) is 15.2. The normalized spacial score (nSPS) is 18.7. The summed E-state index contributed by atoms with van der Waals surface area (Å²) in [5, 5.41) is 21.8. The molecule has 2 unspecified atom stereocenters. The van der Waals surface area contributed by atoms with Crippen LogP contribution in [0.1, 0.15) is 38.7 Å². The van der Waals surface area contributed by atoms with Crippen LogP contribution in [0.4, 0.5) is 0 Å². The third-order valence-corrected chi connectivity index (χ3v) is 5.49. The summed E-state index contributed by atoms with van der Waals surface area (Å²) in [6.45, 7) is 5.75. The first kappa shape index (κ1) is 18.1. The van der Waals surface area contributed by atoms with Gasteiger partial charge < -0.3 is 10.2 Å². The van der Waals surface area contributed by atoms with Crippen molar-refractivity contribution in [2.45, 2.75) is 50.9 Å². The number of aliphatic hydroxyl groups is 2. The lowest BCUT2D eigenvalue weighted by atomic mass is 9.75. The maximum atomic E-state index is 11.0. The van der Waals surface area contributed by atoms with Gasteiger partial charge in [-0.3, -0.25) is 4.90 Å². The van der Waals surface area contributed by atoms with Crippen LogP contribution < -0.4 is 0 Å². The maximum absolute atomic E-state index is 11.0. The average molecular weight is 339 g/mol. The standard InChI is InChI=1S/C22H29NO2/c1-22(2,20(24)21(25)23-15-9-4-10-16-23)19-14-8-7-13-18(19)17-11-5-3-6-12-17/h3,5-8,11-14,20-21,24-25H,4,9-10,15-16H2,1-2H3. The molecule has 3 rings (SSSR count). The summed E-state index contributed by atoms with van der Waals surface area (Å²) in [5.41, 5.74) is 2.73. The number of nitrogens with zero attached hydrogens (tertiary/aromatic N) is 1. The lowest BCUT2D eigenvalue weighted by Crippen LogP contribution is -2.53. The molecule has 0 aliphatic carbocycles. The summed E-state index contributed by atoms with van der Waals surface area (Å²) in [5.74, 6) is 0. The highest BCUT2D eigenvalue weighted by Gasteiger charge is 2.39. The van der Waals surface area contributed by atoms with Gasteiger partial charge in [0.05, 0.1) is 0 Å². The number of piperidine rings is 1. The van der Waals surface area contributed by atoms with Crippen molar-refractivity contribution in [3.8, 4) is 11.1 Å². The summed E-state index contributed by atoms with van der Waals surface area (Å²) in [6.07, 6.45) is 1.70. The molecule has 2 aromatic carbocycles. The number of rotatable bonds is 5. The van der Waals surface area contributed by atoms with E-state index in [1.54, 1.807) is 0 Å². The van der Waals surface area contributed by atoms with Crippen LogP contribution in [0.2, 0.25) is 0 Å². The molecule has 0 spiro atoms. The Hall–Kier alpha value is -1.68. The highest BCUT2D eigenvalue weighted by molar-refractivity contribution is 5.68. The van der Waals surface area contributed by atoms with Crippen LogP contribution in [-0.4, -0.2) is 40.5 Å². The fourth-order valence-electron chi connectivity index (χ4n) is 3.83. The van der Waals surface area contributed by atoms with Crippen LogP contribution in [0.5, 0.6) is 0 Å². The molecular formula is C22H29NO2. The Morgan fingerprint density at radius 2 is 1.44 bits per heavy atom. The number of hydrogen-bond donors (Lipinski definition) is 2. The van der Waals surface area contributed by atoms with Crippen LogP contribution in [0.15, 0.2) is 54.6 Å². The molecule has 2 atom stereocenters. The molecule has 0 amide bonds. The van der Waals surface area contributed by atoms with E-state index in [2.05, 4.69) is 24.3 Å². The van der Waals surface area contributed by atoms with Gasteiger partial charge in [0.15, 0.2) is 0 Å². The van der Waals surface area contributed by atoms with Crippen molar-refractivity contribution in [1.29, 1.82) is 0 Å². The first-order chi connectivity index (χ1) is 12.0. The second kappa shape index (κ2) is 7.69. The van der Waals surface area contributed by atoms with E-state index in [1.807, 2.05) is 49.1 Å². The monoisotopic (exact) mass is 339 g/mol. The Kier molecular flexibility index (Phi) is 5.57. The van der Waals surface area contributed by atoms with Crippen molar-refractivity contribution < 1.29 is 10.2 Å². The molecule has 0 saturated carbocycles. The van der Waals surface area contributed by atoms with Crippen LogP contribution in [0.3, 0.4) is 0 Å². The summed E-state index contributed by atoms with van der Waals surface area (Å²) in [7, 11) is 0. The fourth-order valence-corrected chi connectivity index (χ4v) is 3.83. The Morgan fingerprint density at radius 1 is 0.840 bits per heavy atom. The van der Waals surface area contributed by atoms with Crippen LogP contribution in [-0.2, 0) is 5.41 Å². The lowest BCUT2D eigenvalue weighted by Gasteiger charge is -2.41. The second-order valence-electron chi connectivity index (χ2n) is 7.59. The van der Waals surface area contributed by atoms with Gasteiger partial charge in [-0.05, 0) is 29.5 Å². The van der Waals surface area contributed by atoms with E-state index >= 15 is 0 Å².